The van der Waals surface area contributed by atoms with Crippen molar-refractivity contribution in [1.29, 1.82) is 0 Å². The van der Waals surface area contributed by atoms with Gasteiger partial charge in [-0.15, -0.1) is 23.1 Å². The average molecular weight is 612 g/mol. The number of esters is 1. The summed E-state index contributed by atoms with van der Waals surface area (Å²) in [6, 6.07) is 29.7. The molecule has 0 aliphatic heterocycles. The van der Waals surface area contributed by atoms with E-state index >= 15 is 0 Å². The molecule has 7 heteroatoms. The molecule has 0 N–H and O–H groups in total. The van der Waals surface area contributed by atoms with Crippen molar-refractivity contribution in [2.75, 3.05) is 13.2 Å². The molecule has 1 aromatic heterocycles. The minimum Gasteiger partial charge on any atom is -0.482 e. The number of aryl methyl sites for hydroxylation is 3. The third-order valence-corrected chi connectivity index (χ3v) is 9.73. The van der Waals surface area contributed by atoms with Crippen LogP contribution in [0.1, 0.15) is 39.4 Å². The van der Waals surface area contributed by atoms with Crippen LogP contribution in [0.15, 0.2) is 95.9 Å². The van der Waals surface area contributed by atoms with Gasteiger partial charge in [-0.2, -0.15) is 0 Å². The third-order valence-electron chi connectivity index (χ3n) is 7.05. The Morgan fingerprint density at radius 2 is 1.53 bits per heavy atom. The highest BCUT2D eigenvalue weighted by Crippen LogP contribution is 2.44. The Labute approximate surface area is 260 Å². The summed E-state index contributed by atoms with van der Waals surface area (Å²) in [4.78, 5) is 19.1. The Balaban J connectivity index is 1.41. The number of halogens is 1. The second kappa shape index (κ2) is 14.0. The van der Waals surface area contributed by atoms with E-state index in [2.05, 4.69) is 68.4 Å². The molecule has 0 bridgehead atoms. The van der Waals surface area contributed by atoms with Gasteiger partial charge in [0.2, 0.25) is 0 Å². The molecule has 4 nitrogen and oxygen atoms in total. The summed E-state index contributed by atoms with van der Waals surface area (Å²) in [5, 5.41) is 1.14. The molecular formula is C36H34FNO3S2. The van der Waals surface area contributed by atoms with Gasteiger partial charge in [-0.3, -0.25) is 0 Å². The molecule has 1 unspecified atom stereocenters. The van der Waals surface area contributed by atoms with E-state index in [0.717, 1.165) is 44.3 Å². The van der Waals surface area contributed by atoms with E-state index < -0.39 is 0 Å². The van der Waals surface area contributed by atoms with Crippen LogP contribution < -0.4 is 4.74 Å². The van der Waals surface area contributed by atoms with Crippen LogP contribution in [0, 0.1) is 26.6 Å². The van der Waals surface area contributed by atoms with Crippen molar-refractivity contribution in [2.24, 2.45) is 0 Å². The molecule has 0 radical (unpaired) electrons. The fourth-order valence-electron chi connectivity index (χ4n) is 4.76. The zero-order valence-electron chi connectivity index (χ0n) is 24.7. The van der Waals surface area contributed by atoms with Crippen LogP contribution in [0.5, 0.6) is 5.75 Å². The minimum atomic E-state index is -0.379. The van der Waals surface area contributed by atoms with Crippen molar-refractivity contribution in [3.63, 3.8) is 0 Å². The van der Waals surface area contributed by atoms with Crippen LogP contribution in [0.2, 0.25) is 0 Å². The summed E-state index contributed by atoms with van der Waals surface area (Å²) in [5.74, 6) is 0.0517. The van der Waals surface area contributed by atoms with Gasteiger partial charge in [-0.1, -0.05) is 66.2 Å². The Bertz CT molecular complexity index is 1680. The molecule has 1 heterocycles. The third kappa shape index (κ3) is 7.92. The highest BCUT2D eigenvalue weighted by molar-refractivity contribution is 7.99. The second-order valence-corrected chi connectivity index (χ2v) is 12.7. The van der Waals surface area contributed by atoms with Crippen molar-refractivity contribution in [3.8, 4) is 27.4 Å². The van der Waals surface area contributed by atoms with E-state index in [1.54, 1.807) is 42.2 Å². The van der Waals surface area contributed by atoms with Gasteiger partial charge in [-0.05, 0) is 86.7 Å². The molecule has 0 amide bonds. The molecule has 0 fully saturated rings. The topological polar surface area (TPSA) is 48.4 Å². The fourth-order valence-corrected chi connectivity index (χ4v) is 7.38. The molecule has 0 aliphatic carbocycles. The van der Waals surface area contributed by atoms with Crippen molar-refractivity contribution < 1.29 is 18.7 Å². The molecule has 1 atom stereocenters. The van der Waals surface area contributed by atoms with Gasteiger partial charge < -0.3 is 9.47 Å². The minimum absolute atomic E-state index is 0.112. The molecule has 0 spiro atoms. The van der Waals surface area contributed by atoms with Gasteiger partial charge in [0.1, 0.15) is 16.6 Å². The Morgan fingerprint density at radius 3 is 2.19 bits per heavy atom. The normalized spacial score (nSPS) is 11.7. The number of thiazole rings is 1. The number of carbonyl (C=O) groups excluding carboxylic acids is 1. The number of benzene rings is 4. The van der Waals surface area contributed by atoms with E-state index in [4.69, 9.17) is 14.5 Å². The predicted octanol–water partition coefficient (Wildman–Crippen LogP) is 9.56. The molecule has 4 aromatic carbocycles. The summed E-state index contributed by atoms with van der Waals surface area (Å²) in [5.41, 5.74) is 7.58. The zero-order valence-corrected chi connectivity index (χ0v) is 26.4. The van der Waals surface area contributed by atoms with Crippen LogP contribution in [0.4, 0.5) is 4.39 Å². The lowest BCUT2D eigenvalue weighted by atomic mass is 10.0. The van der Waals surface area contributed by atoms with Crippen LogP contribution in [0.25, 0.3) is 21.7 Å². The van der Waals surface area contributed by atoms with Crippen LogP contribution in [-0.4, -0.2) is 24.2 Å². The van der Waals surface area contributed by atoms with Gasteiger partial charge in [0.15, 0.2) is 6.61 Å². The van der Waals surface area contributed by atoms with Crippen molar-refractivity contribution in [1.82, 2.24) is 4.98 Å². The Morgan fingerprint density at radius 1 is 0.884 bits per heavy atom. The maximum Gasteiger partial charge on any atom is 0.344 e. The monoisotopic (exact) mass is 611 g/mol. The summed E-state index contributed by atoms with van der Waals surface area (Å²) in [6.07, 6.45) is 0.810. The predicted molar refractivity (Wildman–Crippen MR) is 174 cm³/mol. The van der Waals surface area contributed by atoms with E-state index in [1.807, 2.05) is 19.1 Å². The van der Waals surface area contributed by atoms with Gasteiger partial charge in [0.25, 0.3) is 0 Å². The molecule has 43 heavy (non-hydrogen) atoms. The number of carbonyl (C=O) groups is 1. The van der Waals surface area contributed by atoms with Crippen molar-refractivity contribution in [3.05, 3.63) is 124 Å². The molecule has 220 valence electrons. The number of aromatic nitrogens is 1. The largest absolute Gasteiger partial charge is 0.482 e. The maximum absolute atomic E-state index is 13.4. The van der Waals surface area contributed by atoms with Crippen LogP contribution >= 0.6 is 23.1 Å². The average Bonchev–Trinajstić information content (AvgIpc) is 3.39. The zero-order chi connectivity index (χ0) is 30.3. The first-order chi connectivity index (χ1) is 20.8. The lowest BCUT2D eigenvalue weighted by Gasteiger charge is -2.18. The first-order valence-corrected chi connectivity index (χ1v) is 15.9. The van der Waals surface area contributed by atoms with Gasteiger partial charge in [0, 0.05) is 20.6 Å². The SMILES string of the molecule is CCOC(=O)COc1ccc(SC(Cc2ccc(-c3ccc(F)cc3)cc2)c2sc(-c3ccc(C)cc3)nc2C)cc1C. The maximum atomic E-state index is 13.4. The number of hydrogen-bond donors (Lipinski definition) is 0. The quantitative estimate of drug-likeness (QED) is 0.110. The van der Waals surface area contributed by atoms with Crippen molar-refractivity contribution in [2.45, 2.75) is 44.3 Å². The summed E-state index contributed by atoms with van der Waals surface area (Å²) in [7, 11) is 0. The molecule has 5 rings (SSSR count). The van der Waals surface area contributed by atoms with Gasteiger partial charge in [-0.25, -0.2) is 14.2 Å². The lowest BCUT2D eigenvalue weighted by Crippen LogP contribution is -2.14. The number of nitrogens with zero attached hydrogens (tertiary/aromatic N) is 1. The summed E-state index contributed by atoms with van der Waals surface area (Å²) >= 11 is 3.55. The summed E-state index contributed by atoms with van der Waals surface area (Å²) < 4.78 is 24.1. The van der Waals surface area contributed by atoms with Crippen LogP contribution in [0.3, 0.4) is 0 Å². The Kier molecular flexibility index (Phi) is 9.95. The first kappa shape index (κ1) is 30.5. The molecule has 0 saturated carbocycles. The molecule has 0 aliphatic rings. The summed E-state index contributed by atoms with van der Waals surface area (Å²) in [6.45, 7) is 8.16. The number of thioether (sulfide) groups is 1. The van der Waals surface area contributed by atoms with Crippen LogP contribution in [-0.2, 0) is 16.0 Å². The van der Waals surface area contributed by atoms with E-state index in [-0.39, 0.29) is 23.6 Å². The second-order valence-electron chi connectivity index (χ2n) is 10.4. The number of ether oxygens (including phenoxy) is 2. The highest BCUT2D eigenvalue weighted by atomic mass is 32.2. The van der Waals surface area contributed by atoms with Gasteiger partial charge >= 0.3 is 5.97 Å². The number of rotatable bonds is 11. The van der Waals surface area contributed by atoms with Crippen molar-refractivity contribution >= 4 is 29.1 Å². The van der Waals surface area contributed by atoms with E-state index in [9.17, 15) is 9.18 Å². The molecular weight excluding hydrogens is 578 g/mol. The molecule has 0 saturated heterocycles. The molecule has 5 aromatic rings. The van der Waals surface area contributed by atoms with E-state index in [0.29, 0.717) is 12.4 Å². The number of hydrogen-bond acceptors (Lipinski definition) is 6. The lowest BCUT2D eigenvalue weighted by molar-refractivity contribution is -0.145. The smallest absolute Gasteiger partial charge is 0.344 e. The first-order valence-electron chi connectivity index (χ1n) is 14.2. The standard InChI is InChI=1S/C36H34FNO3S2/c1-5-40-34(39)22-41-32-19-18-31(20-24(32)3)42-33(35-25(4)38-36(43-35)29-10-6-23(2)7-11-29)21-26-8-12-27(13-9-26)28-14-16-30(37)17-15-28/h6-20,33H,5,21-22H2,1-4H3. The Hall–Kier alpha value is -3.94. The van der Waals surface area contributed by atoms with E-state index in [1.165, 1.54) is 28.1 Å². The van der Waals surface area contributed by atoms with Gasteiger partial charge in [0.05, 0.1) is 12.3 Å². The highest BCUT2D eigenvalue weighted by Gasteiger charge is 2.22. The fraction of sp³-hybridized carbons (Fsp3) is 0.222.